The molecule has 2 amide bonds. The quantitative estimate of drug-likeness (QED) is 0.865. The Morgan fingerprint density at radius 3 is 2.62 bits per heavy atom. The van der Waals surface area contributed by atoms with Gasteiger partial charge in [0.15, 0.2) is 0 Å². The number of hydrogen-bond donors (Lipinski definition) is 1. The molecule has 1 saturated heterocycles. The minimum Gasteiger partial charge on any atom is -0.492 e. The molecule has 138 valence electrons. The van der Waals surface area contributed by atoms with Gasteiger partial charge in [-0.05, 0) is 42.8 Å². The summed E-state index contributed by atoms with van der Waals surface area (Å²) in [6.45, 7) is 6.67. The maximum atomic E-state index is 12.3. The Bertz CT molecular complexity index is 745. The minimum atomic E-state index is -0.0806. The SMILES string of the molecule is Cc1cccc(OCCN2CCN(C(=O)Nc3cccc(Cl)c3)CC2)c1. The van der Waals surface area contributed by atoms with Gasteiger partial charge in [0.2, 0.25) is 0 Å². The first-order valence-electron chi connectivity index (χ1n) is 8.83. The van der Waals surface area contributed by atoms with Crippen LogP contribution in [0.2, 0.25) is 5.02 Å². The van der Waals surface area contributed by atoms with Gasteiger partial charge in [-0.25, -0.2) is 4.79 Å². The van der Waals surface area contributed by atoms with E-state index in [1.54, 1.807) is 12.1 Å². The van der Waals surface area contributed by atoms with Crippen LogP contribution in [0, 0.1) is 6.92 Å². The van der Waals surface area contributed by atoms with Crippen molar-refractivity contribution < 1.29 is 9.53 Å². The number of halogens is 1. The van der Waals surface area contributed by atoms with Gasteiger partial charge in [-0.2, -0.15) is 0 Å². The molecule has 1 N–H and O–H groups in total. The second kappa shape index (κ2) is 8.92. The third-order valence-corrected chi connectivity index (χ3v) is 4.64. The van der Waals surface area contributed by atoms with E-state index < -0.39 is 0 Å². The number of carbonyl (C=O) groups is 1. The minimum absolute atomic E-state index is 0.0806. The first kappa shape index (κ1) is 18.5. The number of piperazine rings is 1. The van der Waals surface area contributed by atoms with Crippen LogP contribution < -0.4 is 10.1 Å². The van der Waals surface area contributed by atoms with E-state index in [1.807, 2.05) is 35.2 Å². The van der Waals surface area contributed by atoms with Crippen LogP contribution in [-0.4, -0.2) is 55.2 Å². The van der Waals surface area contributed by atoms with Gasteiger partial charge < -0.3 is 15.0 Å². The van der Waals surface area contributed by atoms with Gasteiger partial charge in [0, 0.05) is 43.4 Å². The van der Waals surface area contributed by atoms with Crippen LogP contribution >= 0.6 is 11.6 Å². The third-order valence-electron chi connectivity index (χ3n) is 4.40. The van der Waals surface area contributed by atoms with Crippen molar-refractivity contribution in [3.8, 4) is 5.75 Å². The Kier molecular flexibility index (Phi) is 6.36. The Balaban J connectivity index is 1.39. The molecule has 26 heavy (non-hydrogen) atoms. The molecule has 1 aliphatic heterocycles. The maximum Gasteiger partial charge on any atom is 0.321 e. The number of amides is 2. The van der Waals surface area contributed by atoms with E-state index in [9.17, 15) is 4.79 Å². The number of rotatable bonds is 5. The van der Waals surface area contributed by atoms with Crippen LogP contribution in [0.3, 0.4) is 0 Å². The average Bonchev–Trinajstić information content (AvgIpc) is 2.62. The number of nitrogens with one attached hydrogen (secondary N) is 1. The van der Waals surface area contributed by atoms with E-state index in [0.717, 1.165) is 31.1 Å². The van der Waals surface area contributed by atoms with Crippen molar-refractivity contribution in [2.24, 2.45) is 0 Å². The van der Waals surface area contributed by atoms with Gasteiger partial charge in [0.1, 0.15) is 12.4 Å². The molecule has 0 atom stereocenters. The molecule has 0 unspecified atom stereocenters. The van der Waals surface area contributed by atoms with Crippen molar-refractivity contribution in [3.63, 3.8) is 0 Å². The highest BCUT2D eigenvalue weighted by Gasteiger charge is 2.21. The zero-order chi connectivity index (χ0) is 18.4. The Labute approximate surface area is 159 Å². The number of ether oxygens (including phenoxy) is 1. The maximum absolute atomic E-state index is 12.3. The van der Waals surface area contributed by atoms with E-state index >= 15 is 0 Å². The van der Waals surface area contributed by atoms with Crippen LogP contribution in [0.15, 0.2) is 48.5 Å². The smallest absolute Gasteiger partial charge is 0.321 e. The summed E-state index contributed by atoms with van der Waals surface area (Å²) in [5.74, 6) is 0.907. The lowest BCUT2D eigenvalue weighted by molar-refractivity contribution is 0.132. The fourth-order valence-electron chi connectivity index (χ4n) is 2.94. The Morgan fingerprint density at radius 1 is 1.12 bits per heavy atom. The highest BCUT2D eigenvalue weighted by atomic mass is 35.5. The third kappa shape index (κ3) is 5.38. The average molecular weight is 374 g/mol. The fraction of sp³-hybridized carbons (Fsp3) is 0.350. The molecule has 0 saturated carbocycles. The molecule has 1 fully saturated rings. The predicted molar refractivity (Wildman–Crippen MR) is 105 cm³/mol. The number of hydrogen-bond acceptors (Lipinski definition) is 3. The van der Waals surface area contributed by atoms with E-state index in [4.69, 9.17) is 16.3 Å². The summed E-state index contributed by atoms with van der Waals surface area (Å²) in [7, 11) is 0. The Morgan fingerprint density at radius 2 is 1.88 bits per heavy atom. The molecule has 0 aliphatic carbocycles. The Hall–Kier alpha value is -2.24. The highest BCUT2D eigenvalue weighted by Crippen LogP contribution is 2.16. The lowest BCUT2D eigenvalue weighted by atomic mass is 10.2. The molecule has 6 heteroatoms. The van der Waals surface area contributed by atoms with Crippen LogP contribution in [0.25, 0.3) is 0 Å². The summed E-state index contributed by atoms with van der Waals surface area (Å²) in [4.78, 5) is 16.5. The molecule has 0 spiro atoms. The second-order valence-corrected chi connectivity index (χ2v) is 6.87. The largest absolute Gasteiger partial charge is 0.492 e. The topological polar surface area (TPSA) is 44.8 Å². The first-order chi connectivity index (χ1) is 12.6. The van der Waals surface area contributed by atoms with Crippen molar-refractivity contribution in [1.29, 1.82) is 0 Å². The van der Waals surface area contributed by atoms with Crippen molar-refractivity contribution in [3.05, 3.63) is 59.1 Å². The lowest BCUT2D eigenvalue weighted by Crippen LogP contribution is -2.50. The standard InChI is InChI=1S/C20H24ClN3O2/c1-16-4-2-7-19(14-16)26-13-12-23-8-10-24(11-9-23)20(25)22-18-6-3-5-17(21)15-18/h2-7,14-15H,8-13H2,1H3,(H,22,25). The summed E-state index contributed by atoms with van der Waals surface area (Å²) in [6.07, 6.45) is 0. The van der Waals surface area contributed by atoms with E-state index in [-0.39, 0.29) is 6.03 Å². The van der Waals surface area contributed by atoms with Crippen LogP contribution in [-0.2, 0) is 0 Å². The number of anilines is 1. The van der Waals surface area contributed by atoms with Gasteiger partial charge in [-0.1, -0.05) is 29.8 Å². The number of urea groups is 1. The highest BCUT2D eigenvalue weighted by molar-refractivity contribution is 6.30. The van der Waals surface area contributed by atoms with Crippen LogP contribution in [0.5, 0.6) is 5.75 Å². The summed E-state index contributed by atoms with van der Waals surface area (Å²) < 4.78 is 5.81. The zero-order valence-electron chi connectivity index (χ0n) is 15.0. The number of carbonyl (C=O) groups excluding carboxylic acids is 1. The summed E-state index contributed by atoms with van der Waals surface area (Å²) >= 11 is 5.95. The van der Waals surface area contributed by atoms with Gasteiger partial charge in [0.25, 0.3) is 0 Å². The number of benzene rings is 2. The van der Waals surface area contributed by atoms with Gasteiger partial charge in [0.05, 0.1) is 0 Å². The summed E-state index contributed by atoms with van der Waals surface area (Å²) in [5, 5.41) is 3.51. The molecule has 0 radical (unpaired) electrons. The summed E-state index contributed by atoms with van der Waals surface area (Å²) in [5.41, 5.74) is 1.92. The van der Waals surface area contributed by atoms with Gasteiger partial charge >= 0.3 is 6.03 Å². The monoisotopic (exact) mass is 373 g/mol. The summed E-state index contributed by atoms with van der Waals surface area (Å²) in [6, 6.07) is 15.2. The normalized spacial score (nSPS) is 14.9. The van der Waals surface area contributed by atoms with Gasteiger partial charge in [-0.15, -0.1) is 0 Å². The molecule has 1 heterocycles. The molecular weight excluding hydrogens is 350 g/mol. The fourth-order valence-corrected chi connectivity index (χ4v) is 3.13. The zero-order valence-corrected chi connectivity index (χ0v) is 15.7. The van der Waals surface area contributed by atoms with E-state index in [1.165, 1.54) is 5.56 Å². The van der Waals surface area contributed by atoms with Crippen LogP contribution in [0.1, 0.15) is 5.56 Å². The first-order valence-corrected chi connectivity index (χ1v) is 9.21. The molecule has 2 aromatic rings. The van der Waals surface area contributed by atoms with E-state index in [2.05, 4.69) is 23.2 Å². The van der Waals surface area contributed by atoms with Gasteiger partial charge in [-0.3, -0.25) is 4.90 Å². The van der Waals surface area contributed by atoms with Crippen molar-refractivity contribution >= 4 is 23.3 Å². The molecular formula is C20H24ClN3O2. The number of nitrogens with zero attached hydrogens (tertiary/aromatic N) is 2. The molecule has 1 aliphatic rings. The lowest BCUT2D eigenvalue weighted by Gasteiger charge is -2.34. The second-order valence-electron chi connectivity index (χ2n) is 6.43. The van der Waals surface area contributed by atoms with E-state index in [0.29, 0.717) is 24.7 Å². The van der Waals surface area contributed by atoms with Crippen molar-refractivity contribution in [2.45, 2.75) is 6.92 Å². The predicted octanol–water partition coefficient (Wildman–Crippen LogP) is 3.88. The number of aryl methyl sites for hydroxylation is 1. The molecule has 5 nitrogen and oxygen atoms in total. The molecule has 0 bridgehead atoms. The molecule has 2 aromatic carbocycles. The van der Waals surface area contributed by atoms with Crippen molar-refractivity contribution in [1.82, 2.24) is 9.80 Å². The van der Waals surface area contributed by atoms with Crippen LogP contribution in [0.4, 0.5) is 10.5 Å². The van der Waals surface area contributed by atoms with Crippen molar-refractivity contribution in [2.75, 3.05) is 44.6 Å². The molecule has 0 aromatic heterocycles. The molecule has 3 rings (SSSR count).